The van der Waals surface area contributed by atoms with Crippen LogP contribution in [-0.4, -0.2) is 55.6 Å². The molecule has 7 nitrogen and oxygen atoms in total. The SMILES string of the molecule is CC12CCC(=O)C=C1CCC1C2C(OC(=O)C(F)(F)F)CC2(C)C1CCC21OCOC12COCO2. The Morgan fingerprint density at radius 3 is 2.57 bits per heavy atom. The van der Waals surface area contributed by atoms with Gasteiger partial charge in [0.25, 0.3) is 0 Å². The van der Waals surface area contributed by atoms with Crippen LogP contribution in [0.2, 0.25) is 0 Å². The number of rotatable bonds is 1. The first-order valence-corrected chi connectivity index (χ1v) is 12.5. The second-order valence-electron chi connectivity index (χ2n) is 11.6. The predicted octanol–water partition coefficient (Wildman–Crippen LogP) is 4.05. The Kier molecular flexibility index (Phi) is 5.13. The fraction of sp³-hybridized carbons (Fsp3) is 0.840. The molecule has 2 spiro atoms. The van der Waals surface area contributed by atoms with Gasteiger partial charge in [0, 0.05) is 17.8 Å². The third kappa shape index (κ3) is 3.06. The zero-order valence-corrected chi connectivity index (χ0v) is 19.9. The molecule has 2 aliphatic heterocycles. The number of ketones is 1. The molecule has 194 valence electrons. The highest BCUT2D eigenvalue weighted by molar-refractivity contribution is 5.91. The maximum absolute atomic E-state index is 13.4. The Morgan fingerprint density at radius 1 is 1.09 bits per heavy atom. The van der Waals surface area contributed by atoms with E-state index in [2.05, 4.69) is 0 Å². The molecule has 2 heterocycles. The summed E-state index contributed by atoms with van der Waals surface area (Å²) < 4.78 is 69.3. The minimum absolute atomic E-state index is 0.0121. The summed E-state index contributed by atoms with van der Waals surface area (Å²) >= 11 is 0. The molecule has 0 aromatic heterocycles. The third-order valence-corrected chi connectivity index (χ3v) is 10.4. The average molecular weight is 501 g/mol. The van der Waals surface area contributed by atoms with Gasteiger partial charge in [0.2, 0.25) is 5.79 Å². The number of fused-ring (bicyclic) bond motifs is 7. The van der Waals surface area contributed by atoms with Crippen LogP contribution in [0.3, 0.4) is 0 Å². The van der Waals surface area contributed by atoms with Crippen LogP contribution < -0.4 is 0 Å². The maximum atomic E-state index is 13.4. The zero-order valence-electron chi connectivity index (χ0n) is 19.9. The predicted molar refractivity (Wildman–Crippen MR) is 112 cm³/mol. The number of hydrogen-bond acceptors (Lipinski definition) is 7. The van der Waals surface area contributed by atoms with Gasteiger partial charge < -0.3 is 23.7 Å². The van der Waals surface area contributed by atoms with E-state index in [1.165, 1.54) is 0 Å². The molecule has 0 N–H and O–H groups in total. The summed E-state index contributed by atoms with van der Waals surface area (Å²) in [6.07, 6.45) is -0.423. The molecule has 8 atom stereocenters. The molecule has 6 aliphatic rings. The van der Waals surface area contributed by atoms with Gasteiger partial charge in [-0.3, -0.25) is 4.79 Å². The minimum atomic E-state index is -5.09. The van der Waals surface area contributed by atoms with Crippen molar-refractivity contribution in [1.82, 2.24) is 0 Å². The lowest BCUT2D eigenvalue weighted by Gasteiger charge is -2.62. The molecule has 0 aromatic carbocycles. The van der Waals surface area contributed by atoms with Crippen molar-refractivity contribution in [1.29, 1.82) is 0 Å². The normalized spacial score (nSPS) is 49.1. The summed E-state index contributed by atoms with van der Waals surface area (Å²) in [4.78, 5) is 24.4. The summed E-state index contributed by atoms with van der Waals surface area (Å²) in [6, 6.07) is 0. The van der Waals surface area contributed by atoms with Crippen molar-refractivity contribution >= 4 is 11.8 Å². The van der Waals surface area contributed by atoms with Crippen molar-refractivity contribution in [3.05, 3.63) is 11.6 Å². The van der Waals surface area contributed by atoms with Crippen LogP contribution in [0.4, 0.5) is 13.2 Å². The minimum Gasteiger partial charge on any atom is -0.455 e. The van der Waals surface area contributed by atoms with Gasteiger partial charge in [0.1, 0.15) is 18.3 Å². The number of alkyl halides is 3. The molecular weight excluding hydrogens is 469 g/mol. The van der Waals surface area contributed by atoms with E-state index in [0.717, 1.165) is 18.4 Å². The van der Waals surface area contributed by atoms with Crippen molar-refractivity contribution in [2.75, 3.05) is 20.2 Å². The van der Waals surface area contributed by atoms with E-state index >= 15 is 0 Å². The average Bonchev–Trinajstić information content (AvgIpc) is 3.48. The van der Waals surface area contributed by atoms with Gasteiger partial charge in [0.15, 0.2) is 19.4 Å². The second-order valence-corrected chi connectivity index (χ2v) is 11.6. The Hall–Kier alpha value is -1.49. The van der Waals surface area contributed by atoms with E-state index in [1.54, 1.807) is 6.08 Å². The molecule has 35 heavy (non-hydrogen) atoms. The molecule has 0 radical (unpaired) electrons. The lowest BCUT2D eigenvalue weighted by molar-refractivity contribution is -0.263. The monoisotopic (exact) mass is 500 g/mol. The number of allylic oxidation sites excluding steroid dienone is 1. The van der Waals surface area contributed by atoms with Crippen molar-refractivity contribution in [2.24, 2.45) is 28.6 Å². The fourth-order valence-electron chi connectivity index (χ4n) is 8.94. The van der Waals surface area contributed by atoms with E-state index in [1.807, 2.05) is 13.8 Å². The second kappa shape index (κ2) is 7.52. The van der Waals surface area contributed by atoms with E-state index in [9.17, 15) is 22.8 Å². The van der Waals surface area contributed by atoms with Crippen molar-refractivity contribution in [3.63, 3.8) is 0 Å². The molecule has 0 aromatic rings. The van der Waals surface area contributed by atoms with E-state index < -0.39 is 40.5 Å². The van der Waals surface area contributed by atoms with Crippen LogP contribution in [0, 0.1) is 28.6 Å². The molecule has 6 rings (SSSR count). The number of carbonyl (C=O) groups excluding carboxylic acids is 2. The molecule has 0 amide bonds. The fourth-order valence-corrected chi connectivity index (χ4v) is 8.94. The molecule has 4 aliphatic carbocycles. The van der Waals surface area contributed by atoms with E-state index in [-0.39, 0.29) is 50.2 Å². The van der Waals surface area contributed by atoms with E-state index in [0.29, 0.717) is 25.7 Å². The standard InChI is InChI=1S/C25H31F3O7/c1-21-7-5-15(29)9-14(21)3-4-16-17-6-8-23(24(34-13-32-23)11-31-12-33-24)22(17,2)10-18(19(16)21)35-20(30)25(26,27)28/h9,16-19H,3-8,10-13H2,1-2H3. The third-order valence-electron chi connectivity index (χ3n) is 10.4. The smallest absolute Gasteiger partial charge is 0.455 e. The van der Waals surface area contributed by atoms with Crippen LogP contribution in [0.25, 0.3) is 0 Å². The summed E-state index contributed by atoms with van der Waals surface area (Å²) in [5.41, 5.74) is -1.09. The summed E-state index contributed by atoms with van der Waals surface area (Å²) in [6.45, 7) is 4.33. The topological polar surface area (TPSA) is 80.3 Å². The van der Waals surface area contributed by atoms with E-state index in [4.69, 9.17) is 23.7 Å². The van der Waals surface area contributed by atoms with Crippen LogP contribution in [0.15, 0.2) is 11.6 Å². The molecular formula is C25H31F3O7. The van der Waals surface area contributed by atoms with Gasteiger partial charge in [-0.05, 0) is 61.9 Å². The number of halogens is 3. The lowest BCUT2D eigenvalue weighted by Crippen LogP contribution is -2.66. The van der Waals surface area contributed by atoms with Gasteiger partial charge in [-0.1, -0.05) is 19.4 Å². The highest BCUT2D eigenvalue weighted by atomic mass is 19.4. The highest BCUT2D eigenvalue weighted by Gasteiger charge is 2.77. The molecule has 10 heteroatoms. The molecule has 8 unspecified atom stereocenters. The Balaban J connectivity index is 1.44. The number of hydrogen-bond donors (Lipinski definition) is 0. The number of carbonyl (C=O) groups is 2. The van der Waals surface area contributed by atoms with Crippen molar-refractivity contribution < 1.29 is 46.4 Å². The largest absolute Gasteiger partial charge is 0.490 e. The zero-order chi connectivity index (χ0) is 24.9. The van der Waals surface area contributed by atoms with Gasteiger partial charge in [-0.25, -0.2) is 4.79 Å². The highest BCUT2D eigenvalue weighted by Crippen LogP contribution is 2.72. The van der Waals surface area contributed by atoms with Gasteiger partial charge in [-0.15, -0.1) is 0 Å². The molecule has 5 fully saturated rings. The van der Waals surface area contributed by atoms with Crippen LogP contribution in [0.1, 0.15) is 58.8 Å². The van der Waals surface area contributed by atoms with Gasteiger partial charge in [0.05, 0.1) is 0 Å². The number of ether oxygens (including phenoxy) is 5. The Labute approximate surface area is 201 Å². The van der Waals surface area contributed by atoms with Crippen LogP contribution >= 0.6 is 0 Å². The summed E-state index contributed by atoms with van der Waals surface area (Å²) in [5, 5.41) is 0. The molecule has 3 saturated carbocycles. The molecule has 0 bridgehead atoms. The summed E-state index contributed by atoms with van der Waals surface area (Å²) in [5.74, 6) is -3.42. The van der Waals surface area contributed by atoms with Gasteiger partial charge in [-0.2, -0.15) is 13.2 Å². The maximum Gasteiger partial charge on any atom is 0.490 e. The summed E-state index contributed by atoms with van der Waals surface area (Å²) in [7, 11) is 0. The van der Waals surface area contributed by atoms with Crippen molar-refractivity contribution in [2.45, 2.75) is 82.5 Å². The lowest BCUT2D eigenvalue weighted by atomic mass is 9.45. The van der Waals surface area contributed by atoms with Gasteiger partial charge >= 0.3 is 12.1 Å². The number of esters is 1. The quantitative estimate of drug-likeness (QED) is 0.503. The molecule has 2 saturated heterocycles. The Morgan fingerprint density at radius 2 is 1.86 bits per heavy atom. The van der Waals surface area contributed by atoms with Crippen LogP contribution in [-0.2, 0) is 33.3 Å². The first-order chi connectivity index (χ1) is 16.5. The van der Waals surface area contributed by atoms with Crippen LogP contribution in [0.5, 0.6) is 0 Å². The Bertz CT molecular complexity index is 967. The first kappa shape index (κ1) is 23.9. The van der Waals surface area contributed by atoms with Crippen molar-refractivity contribution in [3.8, 4) is 0 Å². The first-order valence-electron chi connectivity index (χ1n) is 12.5.